The van der Waals surface area contributed by atoms with Gasteiger partial charge in [0.2, 0.25) is 0 Å². The summed E-state index contributed by atoms with van der Waals surface area (Å²) in [5, 5.41) is 8.98. The van der Waals surface area contributed by atoms with Crippen molar-refractivity contribution in [1.29, 1.82) is 0 Å². The Morgan fingerprint density at radius 2 is 1.70 bits per heavy atom. The van der Waals surface area contributed by atoms with Crippen molar-refractivity contribution in [2.75, 3.05) is 0 Å². The topological polar surface area (TPSA) is 46.5 Å². The monoisotopic (exact) mass is 472 g/mol. The highest BCUT2D eigenvalue weighted by molar-refractivity contribution is 5.90. The van der Waals surface area contributed by atoms with Crippen molar-refractivity contribution < 1.29 is 45.4 Å². The molecule has 0 amide bonds. The van der Waals surface area contributed by atoms with Gasteiger partial charge in [-0.2, -0.15) is 26.3 Å². The normalized spacial score (nSPS) is 15.5. The lowest BCUT2D eigenvalue weighted by Crippen LogP contribution is -2.13. The second-order valence-corrected chi connectivity index (χ2v) is 7.16. The van der Waals surface area contributed by atoms with Crippen LogP contribution in [-0.4, -0.2) is 11.1 Å². The number of halogens is 7. The zero-order chi connectivity index (χ0) is 24.6. The van der Waals surface area contributed by atoms with Crippen molar-refractivity contribution in [3.8, 4) is 11.5 Å². The molecule has 0 radical (unpaired) electrons. The number of benzene rings is 2. The summed E-state index contributed by atoms with van der Waals surface area (Å²) in [6, 6.07) is 3.50. The van der Waals surface area contributed by atoms with Gasteiger partial charge in [0.1, 0.15) is 17.3 Å². The van der Waals surface area contributed by atoms with Crippen molar-refractivity contribution in [2.45, 2.75) is 25.7 Å². The van der Waals surface area contributed by atoms with Crippen LogP contribution in [0.3, 0.4) is 0 Å². The number of allylic oxidation sites excluding steroid dienone is 3. The molecule has 10 heteroatoms. The van der Waals surface area contributed by atoms with E-state index in [1.54, 1.807) is 0 Å². The molecule has 0 aromatic heterocycles. The minimum absolute atomic E-state index is 0.0121. The molecule has 0 unspecified atom stereocenters. The highest BCUT2D eigenvalue weighted by Gasteiger charge is 2.40. The van der Waals surface area contributed by atoms with Crippen LogP contribution in [0, 0.1) is 12.7 Å². The zero-order valence-corrected chi connectivity index (χ0v) is 16.8. The van der Waals surface area contributed by atoms with Crippen LogP contribution in [0.1, 0.15) is 28.7 Å². The Hall–Kier alpha value is -3.56. The Balaban J connectivity index is 2.21. The maximum Gasteiger partial charge on any atom is 0.417 e. The van der Waals surface area contributed by atoms with E-state index in [0.29, 0.717) is 6.07 Å². The minimum Gasteiger partial charge on any atom is -0.478 e. The third kappa shape index (κ3) is 5.63. The number of carboxylic acids is 1. The van der Waals surface area contributed by atoms with Gasteiger partial charge in [-0.15, -0.1) is 0 Å². The molecule has 0 fully saturated rings. The summed E-state index contributed by atoms with van der Waals surface area (Å²) in [4.78, 5) is 11.0. The molecule has 3 nitrogen and oxygen atoms in total. The van der Waals surface area contributed by atoms with Crippen LogP contribution in [0.4, 0.5) is 30.7 Å². The first-order valence-corrected chi connectivity index (χ1v) is 9.34. The largest absolute Gasteiger partial charge is 0.478 e. The number of hydrogen-bond donors (Lipinski definition) is 1. The van der Waals surface area contributed by atoms with Gasteiger partial charge in [0.25, 0.3) is 0 Å². The van der Waals surface area contributed by atoms with Gasteiger partial charge in [-0.3, -0.25) is 0 Å². The van der Waals surface area contributed by atoms with E-state index >= 15 is 0 Å². The molecule has 0 atom stereocenters. The Labute approximate surface area is 183 Å². The van der Waals surface area contributed by atoms with Gasteiger partial charge in [0.15, 0.2) is 0 Å². The smallest absolute Gasteiger partial charge is 0.417 e. The Bertz CT molecular complexity index is 1190. The molecule has 1 aliphatic carbocycles. The first-order valence-electron chi connectivity index (χ1n) is 9.34. The summed E-state index contributed by atoms with van der Waals surface area (Å²) in [6.45, 7) is 1.39. The van der Waals surface area contributed by atoms with Crippen LogP contribution in [0.15, 0.2) is 59.7 Å². The Kier molecular flexibility index (Phi) is 6.40. The van der Waals surface area contributed by atoms with Crippen molar-refractivity contribution in [1.82, 2.24) is 0 Å². The number of rotatable bonds is 4. The van der Waals surface area contributed by atoms with Crippen molar-refractivity contribution in [3.05, 3.63) is 87.8 Å². The van der Waals surface area contributed by atoms with E-state index in [9.17, 15) is 35.5 Å². The fourth-order valence-electron chi connectivity index (χ4n) is 3.12. The van der Waals surface area contributed by atoms with Gasteiger partial charge in [0.05, 0.1) is 16.7 Å². The Morgan fingerprint density at radius 1 is 1.00 bits per heavy atom. The number of aryl methyl sites for hydroxylation is 1. The van der Waals surface area contributed by atoms with Crippen LogP contribution in [-0.2, 0) is 17.1 Å². The molecule has 1 N–H and O–H groups in total. The average molecular weight is 472 g/mol. The molecule has 174 valence electrons. The van der Waals surface area contributed by atoms with E-state index in [1.807, 2.05) is 0 Å². The zero-order valence-electron chi connectivity index (χ0n) is 16.8. The van der Waals surface area contributed by atoms with Crippen molar-refractivity contribution >= 4 is 12.0 Å². The summed E-state index contributed by atoms with van der Waals surface area (Å²) in [6.07, 6.45) is -5.65. The quantitative estimate of drug-likeness (QED) is 0.475. The molecule has 0 bridgehead atoms. The molecule has 0 heterocycles. The van der Waals surface area contributed by atoms with E-state index in [2.05, 4.69) is 0 Å². The molecular weight excluding hydrogens is 457 g/mol. The van der Waals surface area contributed by atoms with Crippen LogP contribution in [0.25, 0.3) is 6.08 Å². The third-order valence-corrected chi connectivity index (χ3v) is 4.74. The third-order valence-electron chi connectivity index (χ3n) is 4.74. The number of alkyl halides is 6. The molecule has 2 aromatic carbocycles. The summed E-state index contributed by atoms with van der Waals surface area (Å²) >= 11 is 0. The minimum atomic E-state index is -5.16. The molecule has 2 aromatic rings. The van der Waals surface area contributed by atoms with E-state index in [0.717, 1.165) is 24.3 Å². The predicted molar refractivity (Wildman–Crippen MR) is 105 cm³/mol. The average Bonchev–Trinajstić information content (AvgIpc) is 2.69. The van der Waals surface area contributed by atoms with Crippen LogP contribution < -0.4 is 4.74 Å². The first kappa shape index (κ1) is 24.1. The first-order chi connectivity index (χ1) is 15.3. The van der Waals surface area contributed by atoms with Crippen LogP contribution in [0.5, 0.6) is 11.5 Å². The van der Waals surface area contributed by atoms with Gasteiger partial charge in [-0.05, 0) is 67.0 Å². The molecule has 0 saturated heterocycles. The van der Waals surface area contributed by atoms with E-state index in [-0.39, 0.29) is 34.9 Å². The van der Waals surface area contributed by atoms with Gasteiger partial charge in [-0.25, -0.2) is 9.18 Å². The Morgan fingerprint density at radius 3 is 2.21 bits per heavy atom. The lowest BCUT2D eigenvalue weighted by Gasteiger charge is -2.20. The second-order valence-electron chi connectivity index (χ2n) is 7.16. The molecule has 0 spiro atoms. The van der Waals surface area contributed by atoms with E-state index in [4.69, 9.17) is 9.84 Å². The van der Waals surface area contributed by atoms with Gasteiger partial charge >= 0.3 is 18.3 Å². The molecule has 0 aliphatic heterocycles. The van der Waals surface area contributed by atoms with Crippen LogP contribution in [0.2, 0.25) is 0 Å². The summed E-state index contributed by atoms with van der Waals surface area (Å²) < 4.78 is 100. The number of aliphatic carboxylic acids is 1. The van der Waals surface area contributed by atoms with Crippen molar-refractivity contribution in [3.63, 3.8) is 0 Å². The predicted octanol–water partition coefficient (Wildman–Crippen LogP) is 7.32. The molecular formula is C23H15F7O3. The molecule has 0 saturated carbocycles. The summed E-state index contributed by atoms with van der Waals surface area (Å²) in [5.41, 5.74) is -3.53. The second kappa shape index (κ2) is 8.76. The van der Waals surface area contributed by atoms with Gasteiger partial charge in [-0.1, -0.05) is 12.2 Å². The van der Waals surface area contributed by atoms with Crippen LogP contribution >= 0.6 is 0 Å². The number of carboxylic acid groups (broad SMARTS) is 1. The maximum absolute atomic E-state index is 13.8. The standard InChI is InChI=1S/C23H15F7O3/c1-12-8-16(24)6-7-19(12)33-20-11-15(22(25,26)27)10-18(23(28,29)30)17(20)9-13-2-4-14(5-3-13)21(31)32/h2,4-11H,3H2,1H3,(H,31,32). The maximum atomic E-state index is 13.8. The molecule has 33 heavy (non-hydrogen) atoms. The molecule has 3 rings (SSSR count). The van der Waals surface area contributed by atoms with Crippen molar-refractivity contribution in [2.24, 2.45) is 0 Å². The van der Waals surface area contributed by atoms with Gasteiger partial charge < -0.3 is 9.84 Å². The highest BCUT2D eigenvalue weighted by Crippen LogP contribution is 2.44. The highest BCUT2D eigenvalue weighted by atomic mass is 19.4. The SMILES string of the molecule is Cc1cc(F)ccc1Oc1cc(C(F)(F)F)cc(C(F)(F)F)c1C=C1C=CC(C(=O)O)=CC1. The fourth-order valence-corrected chi connectivity index (χ4v) is 3.12. The summed E-state index contributed by atoms with van der Waals surface area (Å²) in [5.74, 6) is -2.75. The fraction of sp³-hybridized carbons (Fsp3) is 0.174. The molecule has 1 aliphatic rings. The lowest BCUT2D eigenvalue weighted by molar-refractivity contribution is -0.143. The van der Waals surface area contributed by atoms with E-state index in [1.165, 1.54) is 25.2 Å². The van der Waals surface area contributed by atoms with E-state index < -0.39 is 46.6 Å². The summed E-state index contributed by atoms with van der Waals surface area (Å²) in [7, 11) is 0. The lowest BCUT2D eigenvalue weighted by atomic mass is 9.95. The number of carbonyl (C=O) groups is 1. The number of ether oxygens (including phenoxy) is 1. The number of hydrogen-bond acceptors (Lipinski definition) is 2. The van der Waals surface area contributed by atoms with Gasteiger partial charge in [0, 0.05) is 5.56 Å².